The Balaban J connectivity index is 1.60. The molecule has 0 saturated heterocycles. The minimum Gasteiger partial charge on any atom is -0.493 e. The number of hydrogen-bond donors (Lipinski definition) is 0. The maximum absolute atomic E-state index is 6.69. The molecule has 0 saturated carbocycles. The third-order valence-corrected chi connectivity index (χ3v) is 7.19. The van der Waals surface area contributed by atoms with Crippen molar-refractivity contribution in [1.29, 1.82) is 0 Å². The van der Waals surface area contributed by atoms with Gasteiger partial charge >= 0.3 is 0 Å². The lowest BCUT2D eigenvalue weighted by molar-refractivity contribution is -0.660. The summed E-state index contributed by atoms with van der Waals surface area (Å²) < 4.78 is 14.9. The van der Waals surface area contributed by atoms with Gasteiger partial charge in [0.2, 0.25) is 5.69 Å². The molecule has 2 aromatic heterocycles. The monoisotopic (exact) mass is 434 g/mol. The molecule has 0 radical (unpaired) electrons. The number of fused-ring (bicyclic) bond motifs is 4. The number of benzene rings is 3. The first-order chi connectivity index (χ1) is 15.9. The van der Waals surface area contributed by atoms with Crippen molar-refractivity contribution in [2.45, 2.75) is 32.6 Å². The van der Waals surface area contributed by atoms with Crippen LogP contribution in [0.25, 0.3) is 44.3 Å². The predicted octanol–water partition coefficient (Wildman–Crippen LogP) is 7.11. The number of ether oxygens (including phenoxy) is 1. The van der Waals surface area contributed by atoms with Gasteiger partial charge in [0.05, 0.1) is 12.2 Å². The number of aromatic nitrogens is 1. The van der Waals surface area contributed by atoms with E-state index in [9.17, 15) is 0 Å². The van der Waals surface area contributed by atoms with Gasteiger partial charge in [-0.25, -0.2) is 4.57 Å². The van der Waals surface area contributed by atoms with E-state index in [1.807, 2.05) is 0 Å². The fraction of sp³-hybridized carbons (Fsp3) is 0.233. The highest BCUT2D eigenvalue weighted by Crippen LogP contribution is 2.43. The quantitative estimate of drug-likeness (QED) is 0.277. The Kier molecular flexibility index (Phi) is 4.38. The molecule has 3 nitrogen and oxygen atoms in total. The average Bonchev–Trinajstić information content (AvgIpc) is 3.18. The largest absolute Gasteiger partial charge is 0.493 e. The summed E-state index contributed by atoms with van der Waals surface area (Å²) >= 11 is 0. The van der Waals surface area contributed by atoms with Gasteiger partial charge in [-0.2, -0.15) is 0 Å². The smallest absolute Gasteiger partial charge is 0.216 e. The van der Waals surface area contributed by atoms with Gasteiger partial charge in [-0.05, 0) is 47.6 Å². The number of rotatable bonds is 2. The van der Waals surface area contributed by atoms with Crippen molar-refractivity contribution < 1.29 is 13.7 Å². The zero-order valence-corrected chi connectivity index (χ0v) is 19.6. The zero-order valence-electron chi connectivity index (χ0n) is 19.6. The molecule has 3 heteroatoms. The maximum Gasteiger partial charge on any atom is 0.216 e. The first-order valence-corrected chi connectivity index (χ1v) is 11.6. The predicted molar refractivity (Wildman–Crippen MR) is 134 cm³/mol. The van der Waals surface area contributed by atoms with Gasteiger partial charge in [0, 0.05) is 28.5 Å². The summed E-state index contributed by atoms with van der Waals surface area (Å²) in [6, 6.07) is 23.7. The molecule has 0 aliphatic carbocycles. The molecule has 0 amide bonds. The van der Waals surface area contributed by atoms with E-state index in [0.717, 1.165) is 63.1 Å². The van der Waals surface area contributed by atoms with Crippen LogP contribution >= 0.6 is 0 Å². The van der Waals surface area contributed by atoms with E-state index >= 15 is 0 Å². The lowest BCUT2D eigenvalue weighted by atomic mass is 9.79. The molecule has 1 aliphatic rings. The second kappa shape index (κ2) is 7.21. The standard InChI is InChI=1S/C30H28NO2/c1-19-11-13-23-22-9-7-8-21(20-12-14-24-26(18-20)32-17-15-30(24,2)3)28(22)33-29(23)27(19)25-10-5-6-16-31(25)4/h5-14,16,18H,15,17H2,1-4H3/q+1. The fourth-order valence-electron chi connectivity index (χ4n) is 5.21. The van der Waals surface area contributed by atoms with E-state index in [2.05, 4.69) is 105 Å². The van der Waals surface area contributed by atoms with E-state index in [4.69, 9.17) is 9.15 Å². The van der Waals surface area contributed by atoms with Crippen molar-refractivity contribution in [2.24, 2.45) is 7.05 Å². The number of furan rings is 1. The molecule has 0 spiro atoms. The Morgan fingerprint density at radius 2 is 1.73 bits per heavy atom. The zero-order chi connectivity index (χ0) is 22.7. The van der Waals surface area contributed by atoms with E-state index < -0.39 is 0 Å². The molecule has 0 atom stereocenters. The Hall–Kier alpha value is -3.59. The van der Waals surface area contributed by atoms with Gasteiger partial charge < -0.3 is 9.15 Å². The van der Waals surface area contributed by atoms with Crippen LogP contribution in [0.5, 0.6) is 5.75 Å². The molecule has 0 unspecified atom stereocenters. The van der Waals surface area contributed by atoms with Gasteiger partial charge in [0.25, 0.3) is 0 Å². The lowest BCUT2D eigenvalue weighted by Crippen LogP contribution is -2.30. The summed E-state index contributed by atoms with van der Waals surface area (Å²) in [4.78, 5) is 0. The molecule has 5 aromatic rings. The normalized spacial score (nSPS) is 14.9. The highest BCUT2D eigenvalue weighted by Gasteiger charge is 2.29. The van der Waals surface area contributed by atoms with Crippen molar-refractivity contribution in [2.75, 3.05) is 6.61 Å². The van der Waals surface area contributed by atoms with Crippen molar-refractivity contribution in [3.63, 3.8) is 0 Å². The van der Waals surface area contributed by atoms with Crippen LogP contribution in [-0.4, -0.2) is 6.61 Å². The Bertz CT molecular complexity index is 1540. The number of aryl methyl sites for hydroxylation is 2. The Labute approximate surface area is 194 Å². The van der Waals surface area contributed by atoms with Gasteiger partial charge in [-0.1, -0.05) is 56.3 Å². The number of para-hydroxylation sites is 1. The third-order valence-electron chi connectivity index (χ3n) is 7.19. The molecule has 33 heavy (non-hydrogen) atoms. The Morgan fingerprint density at radius 3 is 2.58 bits per heavy atom. The molecule has 0 bridgehead atoms. The van der Waals surface area contributed by atoms with Crippen molar-refractivity contribution >= 4 is 21.9 Å². The number of nitrogens with zero attached hydrogens (tertiary/aromatic N) is 1. The van der Waals surface area contributed by atoms with Crippen LogP contribution in [0.1, 0.15) is 31.4 Å². The highest BCUT2D eigenvalue weighted by atomic mass is 16.5. The molecular weight excluding hydrogens is 406 g/mol. The van der Waals surface area contributed by atoms with E-state index in [1.54, 1.807) is 0 Å². The second-order valence-electron chi connectivity index (χ2n) is 9.81. The maximum atomic E-state index is 6.69. The molecule has 164 valence electrons. The number of pyridine rings is 1. The summed E-state index contributed by atoms with van der Waals surface area (Å²) in [5, 5.41) is 2.29. The minimum absolute atomic E-state index is 0.134. The van der Waals surface area contributed by atoms with Gasteiger partial charge in [-0.3, -0.25) is 0 Å². The van der Waals surface area contributed by atoms with Crippen LogP contribution in [0, 0.1) is 6.92 Å². The first kappa shape index (κ1) is 20.0. The summed E-state index contributed by atoms with van der Waals surface area (Å²) in [6.07, 6.45) is 3.12. The summed E-state index contributed by atoms with van der Waals surface area (Å²) in [5.41, 5.74) is 8.99. The van der Waals surface area contributed by atoms with Crippen LogP contribution in [0.4, 0.5) is 0 Å². The molecule has 0 N–H and O–H groups in total. The van der Waals surface area contributed by atoms with Crippen molar-refractivity contribution in [3.05, 3.63) is 84.1 Å². The van der Waals surface area contributed by atoms with Crippen LogP contribution in [-0.2, 0) is 12.5 Å². The minimum atomic E-state index is 0.134. The Morgan fingerprint density at radius 1 is 0.879 bits per heavy atom. The molecule has 3 heterocycles. The van der Waals surface area contributed by atoms with Crippen LogP contribution in [0.2, 0.25) is 0 Å². The van der Waals surface area contributed by atoms with Gasteiger partial charge in [-0.15, -0.1) is 0 Å². The lowest BCUT2D eigenvalue weighted by Gasteiger charge is -2.32. The number of hydrogen-bond acceptors (Lipinski definition) is 2. The van der Waals surface area contributed by atoms with Crippen molar-refractivity contribution in [1.82, 2.24) is 0 Å². The van der Waals surface area contributed by atoms with E-state index in [1.165, 1.54) is 11.1 Å². The van der Waals surface area contributed by atoms with Crippen molar-refractivity contribution in [3.8, 4) is 28.1 Å². The van der Waals surface area contributed by atoms with E-state index in [0.29, 0.717) is 0 Å². The average molecular weight is 435 g/mol. The fourth-order valence-corrected chi connectivity index (χ4v) is 5.21. The first-order valence-electron chi connectivity index (χ1n) is 11.6. The second-order valence-corrected chi connectivity index (χ2v) is 9.81. The summed E-state index contributed by atoms with van der Waals surface area (Å²) in [5.74, 6) is 0.990. The van der Waals surface area contributed by atoms with E-state index in [-0.39, 0.29) is 5.41 Å². The van der Waals surface area contributed by atoms with Crippen LogP contribution in [0.15, 0.2) is 77.3 Å². The SMILES string of the molecule is Cc1ccc2c(oc3c(-c4ccc5c(c4)OCCC5(C)C)cccc32)c1-c1cccc[n+]1C. The molecule has 6 rings (SSSR count). The summed E-state index contributed by atoms with van der Waals surface area (Å²) in [6.45, 7) is 7.50. The van der Waals surface area contributed by atoms with Crippen LogP contribution in [0.3, 0.4) is 0 Å². The summed E-state index contributed by atoms with van der Waals surface area (Å²) in [7, 11) is 2.08. The van der Waals surface area contributed by atoms with Crippen LogP contribution < -0.4 is 9.30 Å². The highest BCUT2D eigenvalue weighted by molar-refractivity contribution is 6.13. The van der Waals surface area contributed by atoms with Gasteiger partial charge in [0.1, 0.15) is 24.0 Å². The topological polar surface area (TPSA) is 26.2 Å². The van der Waals surface area contributed by atoms with Gasteiger partial charge in [0.15, 0.2) is 6.20 Å². The molecule has 3 aromatic carbocycles. The molecular formula is C30H28NO2+. The molecule has 1 aliphatic heterocycles. The molecule has 0 fully saturated rings. The third kappa shape index (κ3) is 3.06.